The minimum atomic E-state index is -0.490. The summed E-state index contributed by atoms with van der Waals surface area (Å²) in [6.45, 7) is 4.37. The Balaban J connectivity index is 1.18. The third kappa shape index (κ3) is 4.89. The van der Waals surface area contributed by atoms with Crippen LogP contribution in [0.4, 0.5) is 0 Å². The zero-order valence-electron chi connectivity index (χ0n) is 26.1. The van der Waals surface area contributed by atoms with Crippen LogP contribution in [0.25, 0.3) is 33.9 Å². The first-order valence-electron chi connectivity index (χ1n) is 16.3. The second kappa shape index (κ2) is 11.3. The van der Waals surface area contributed by atoms with Crippen molar-refractivity contribution in [1.82, 2.24) is 29.1 Å². The molecule has 0 aliphatic heterocycles. The van der Waals surface area contributed by atoms with Gasteiger partial charge in [0.2, 0.25) is 0 Å². The zero-order chi connectivity index (χ0) is 30.4. The molecular formula is C39H38N6. The lowest BCUT2D eigenvalue weighted by Crippen LogP contribution is -2.23. The number of aromatic nitrogens is 6. The van der Waals surface area contributed by atoms with E-state index in [2.05, 4.69) is 96.0 Å². The zero-order valence-corrected chi connectivity index (χ0v) is 26.1. The van der Waals surface area contributed by atoms with E-state index in [9.17, 15) is 0 Å². The number of fused-ring (bicyclic) bond motifs is 2. The normalized spacial score (nSPS) is 14.6. The molecule has 2 aromatic carbocycles. The molecule has 0 saturated heterocycles. The number of hydrogen-bond acceptors (Lipinski definition) is 4. The van der Waals surface area contributed by atoms with Crippen molar-refractivity contribution in [2.75, 3.05) is 0 Å². The molecule has 0 spiro atoms. The van der Waals surface area contributed by atoms with Crippen LogP contribution in [0.3, 0.4) is 0 Å². The predicted octanol–water partition coefficient (Wildman–Crippen LogP) is 8.27. The summed E-state index contributed by atoms with van der Waals surface area (Å²) < 4.78 is 4.72. The fourth-order valence-electron chi connectivity index (χ4n) is 7.26. The topological polar surface area (TPSA) is 61.4 Å². The molecule has 0 N–H and O–H groups in total. The molecule has 4 heterocycles. The van der Waals surface area contributed by atoms with Gasteiger partial charge in [-0.1, -0.05) is 36.4 Å². The molecule has 0 amide bonds. The van der Waals surface area contributed by atoms with Crippen LogP contribution in [0.2, 0.25) is 0 Å². The third-order valence-corrected chi connectivity index (χ3v) is 9.80. The van der Waals surface area contributed by atoms with Crippen molar-refractivity contribution in [2.24, 2.45) is 0 Å². The summed E-state index contributed by atoms with van der Waals surface area (Å²) in [5, 5.41) is 0. The van der Waals surface area contributed by atoms with E-state index in [-0.39, 0.29) is 0 Å². The molecule has 4 aromatic heterocycles. The number of rotatable bonds is 6. The third-order valence-electron chi connectivity index (χ3n) is 9.80. The monoisotopic (exact) mass is 590 g/mol. The van der Waals surface area contributed by atoms with Crippen molar-refractivity contribution in [2.45, 2.75) is 70.6 Å². The molecule has 224 valence electrons. The average molecular weight is 591 g/mol. The largest absolute Gasteiger partial charge is 0.320 e. The molecule has 2 aliphatic carbocycles. The minimum absolute atomic E-state index is 0.490. The Bertz CT molecular complexity index is 1840. The second-order valence-electron chi connectivity index (χ2n) is 13.0. The van der Waals surface area contributed by atoms with Crippen LogP contribution < -0.4 is 0 Å². The van der Waals surface area contributed by atoms with Gasteiger partial charge in [-0.3, -0.25) is 9.97 Å². The Labute approximate surface area is 264 Å². The van der Waals surface area contributed by atoms with Crippen molar-refractivity contribution in [3.63, 3.8) is 0 Å². The molecule has 6 nitrogen and oxygen atoms in total. The molecule has 0 saturated carbocycles. The van der Waals surface area contributed by atoms with Gasteiger partial charge >= 0.3 is 0 Å². The van der Waals surface area contributed by atoms with E-state index in [1.54, 1.807) is 0 Å². The van der Waals surface area contributed by atoms with Gasteiger partial charge in [-0.05, 0) is 101 Å². The van der Waals surface area contributed by atoms with Gasteiger partial charge in [-0.2, -0.15) is 0 Å². The quantitative estimate of drug-likeness (QED) is 0.196. The molecular weight excluding hydrogens is 552 g/mol. The van der Waals surface area contributed by atoms with E-state index in [1.165, 1.54) is 70.7 Å². The summed E-state index contributed by atoms with van der Waals surface area (Å²) in [5.74, 6) is 0. The summed E-state index contributed by atoms with van der Waals surface area (Å²) in [6, 6.07) is 21.3. The second-order valence-corrected chi connectivity index (χ2v) is 13.0. The number of nitrogens with zero attached hydrogens (tertiary/aromatic N) is 6. The number of para-hydroxylation sites is 2. The number of hydrogen-bond donors (Lipinski definition) is 0. The molecule has 0 bridgehead atoms. The molecule has 6 aromatic rings. The Morgan fingerprint density at radius 1 is 0.533 bits per heavy atom. The van der Waals surface area contributed by atoms with Gasteiger partial charge in [0.1, 0.15) is 0 Å². The van der Waals surface area contributed by atoms with Crippen LogP contribution in [0, 0.1) is 0 Å². The van der Waals surface area contributed by atoms with Crippen molar-refractivity contribution in [1.29, 1.82) is 0 Å². The fraction of sp³-hybridized carbons (Fsp3) is 0.282. The maximum atomic E-state index is 5.27. The van der Waals surface area contributed by atoms with Gasteiger partial charge < -0.3 is 9.13 Å². The number of benzene rings is 2. The summed E-state index contributed by atoms with van der Waals surface area (Å²) in [6.07, 6.45) is 21.3. The van der Waals surface area contributed by atoms with Crippen LogP contribution in [-0.2, 0) is 31.1 Å². The lowest BCUT2D eigenvalue weighted by atomic mass is 9.85. The van der Waals surface area contributed by atoms with Gasteiger partial charge in [0.15, 0.2) is 0 Å². The van der Waals surface area contributed by atoms with E-state index in [0.29, 0.717) is 0 Å². The molecule has 0 atom stereocenters. The maximum absolute atomic E-state index is 5.27. The first-order chi connectivity index (χ1) is 22.1. The van der Waals surface area contributed by atoms with Crippen molar-refractivity contribution in [3.05, 3.63) is 132 Å². The fourth-order valence-corrected chi connectivity index (χ4v) is 7.26. The molecule has 45 heavy (non-hydrogen) atoms. The Morgan fingerprint density at radius 3 is 1.40 bits per heavy atom. The molecule has 0 unspecified atom stereocenters. The Hall–Kier alpha value is -4.84. The van der Waals surface area contributed by atoms with Gasteiger partial charge in [0.05, 0.1) is 40.6 Å². The standard InChI is InChI=1S/C39H38N6/c1-39(2,37-23-40-21-33(42-37)31-25-44(27-13-5-3-6-14-27)35-19-11-9-17-29(31)35)38-24-41-22-34(43-38)32-26-45(28-15-7-4-8-16-28)36-20-12-10-18-30(32)36/h3-8,13-16,21-26H,9-12,17-20H2,1-2H3. The first kappa shape index (κ1) is 27.7. The van der Waals surface area contributed by atoms with Crippen molar-refractivity contribution in [3.8, 4) is 33.9 Å². The molecule has 8 rings (SSSR count). The highest BCUT2D eigenvalue weighted by Crippen LogP contribution is 2.38. The predicted molar refractivity (Wildman–Crippen MR) is 179 cm³/mol. The van der Waals surface area contributed by atoms with Crippen molar-refractivity contribution < 1.29 is 0 Å². The summed E-state index contributed by atoms with van der Waals surface area (Å²) in [4.78, 5) is 20.0. The van der Waals surface area contributed by atoms with Crippen LogP contribution in [0.1, 0.15) is 73.4 Å². The van der Waals surface area contributed by atoms with E-state index < -0.39 is 5.41 Å². The Morgan fingerprint density at radius 2 is 0.956 bits per heavy atom. The van der Waals surface area contributed by atoms with Gasteiger partial charge in [-0.25, -0.2) is 9.97 Å². The SMILES string of the molecule is CC(C)(c1cncc(-c2cn(-c3ccccc3)c3c2CCCC3)n1)c1cncc(-c2cn(-c3ccccc3)c3c2CCCC3)n1. The lowest BCUT2D eigenvalue weighted by molar-refractivity contribution is 0.589. The van der Waals surface area contributed by atoms with Crippen molar-refractivity contribution >= 4 is 0 Å². The van der Waals surface area contributed by atoms with Crippen LogP contribution in [-0.4, -0.2) is 29.1 Å². The molecule has 0 radical (unpaired) electrons. The highest BCUT2D eigenvalue weighted by Gasteiger charge is 2.30. The van der Waals surface area contributed by atoms with E-state index >= 15 is 0 Å². The summed E-state index contributed by atoms with van der Waals surface area (Å²) in [5.41, 5.74) is 13.5. The first-order valence-corrected chi connectivity index (χ1v) is 16.3. The van der Waals surface area contributed by atoms with Crippen LogP contribution in [0.15, 0.2) is 97.8 Å². The van der Waals surface area contributed by atoms with Gasteiger partial charge in [0, 0.05) is 58.7 Å². The van der Waals surface area contributed by atoms with E-state index in [4.69, 9.17) is 19.9 Å². The maximum Gasteiger partial charge on any atom is 0.0907 e. The van der Waals surface area contributed by atoms with E-state index in [0.717, 1.165) is 48.5 Å². The molecule has 0 fully saturated rings. The smallest absolute Gasteiger partial charge is 0.0907 e. The van der Waals surface area contributed by atoms with Crippen LogP contribution >= 0.6 is 0 Å². The van der Waals surface area contributed by atoms with Crippen LogP contribution in [0.5, 0.6) is 0 Å². The van der Waals surface area contributed by atoms with E-state index in [1.807, 2.05) is 24.8 Å². The van der Waals surface area contributed by atoms with Gasteiger partial charge in [-0.15, -0.1) is 0 Å². The minimum Gasteiger partial charge on any atom is -0.320 e. The average Bonchev–Trinajstić information content (AvgIpc) is 3.69. The Kier molecular flexibility index (Phi) is 6.93. The summed E-state index contributed by atoms with van der Waals surface area (Å²) in [7, 11) is 0. The van der Waals surface area contributed by atoms with Gasteiger partial charge in [0.25, 0.3) is 0 Å². The molecule has 6 heteroatoms. The lowest BCUT2D eigenvalue weighted by Gasteiger charge is -2.24. The summed E-state index contributed by atoms with van der Waals surface area (Å²) >= 11 is 0. The highest BCUT2D eigenvalue weighted by molar-refractivity contribution is 5.68. The highest BCUT2D eigenvalue weighted by atomic mass is 15.0. The molecule has 2 aliphatic rings.